The van der Waals surface area contributed by atoms with Gasteiger partial charge in [-0.15, -0.1) is 0 Å². The Morgan fingerprint density at radius 2 is 1.91 bits per heavy atom. The molecule has 11 heavy (non-hydrogen) atoms. The quantitative estimate of drug-likeness (QED) is 0.643. The maximum atomic E-state index is 11.2. The third kappa shape index (κ3) is 2.45. The van der Waals surface area contributed by atoms with Gasteiger partial charge < -0.3 is 0 Å². The fourth-order valence-electron chi connectivity index (χ4n) is 1.33. The van der Waals surface area contributed by atoms with Gasteiger partial charge in [-0.05, 0) is 18.8 Å². The molecule has 1 fully saturated rings. The lowest BCUT2D eigenvalue weighted by Crippen LogP contribution is -2.36. The van der Waals surface area contributed by atoms with E-state index in [0.717, 1.165) is 31.8 Å². The summed E-state index contributed by atoms with van der Waals surface area (Å²) in [5.41, 5.74) is 0. The lowest BCUT2D eigenvalue weighted by molar-refractivity contribution is 0.297. The SMILES string of the molecule is CC1CCN(S(C)(=N)=O)CC1. The number of rotatable bonds is 1. The zero-order valence-electron chi connectivity index (χ0n) is 7.17. The zero-order valence-corrected chi connectivity index (χ0v) is 7.99. The van der Waals surface area contributed by atoms with Gasteiger partial charge in [0.25, 0.3) is 0 Å². The van der Waals surface area contributed by atoms with Crippen LogP contribution in [-0.2, 0) is 9.92 Å². The predicted molar refractivity (Wildman–Crippen MR) is 46.8 cm³/mol. The van der Waals surface area contributed by atoms with Gasteiger partial charge in [0.1, 0.15) is 9.92 Å². The van der Waals surface area contributed by atoms with Gasteiger partial charge in [-0.3, -0.25) is 0 Å². The molecule has 1 heterocycles. The van der Waals surface area contributed by atoms with Crippen LogP contribution in [0.5, 0.6) is 0 Å². The minimum absolute atomic E-state index is 0.744. The largest absolute Gasteiger partial charge is 0.240 e. The number of nitrogens with zero attached hydrogens (tertiary/aromatic N) is 1. The Bertz CT molecular complexity index is 215. The summed E-state index contributed by atoms with van der Waals surface area (Å²) in [6.45, 7) is 3.87. The molecule has 0 aliphatic carbocycles. The van der Waals surface area contributed by atoms with Crippen molar-refractivity contribution in [1.82, 2.24) is 4.31 Å². The lowest BCUT2D eigenvalue weighted by atomic mass is 10.0. The maximum Gasteiger partial charge on any atom is 0.104 e. The van der Waals surface area contributed by atoms with E-state index in [1.54, 1.807) is 4.31 Å². The van der Waals surface area contributed by atoms with E-state index in [1.165, 1.54) is 6.26 Å². The Hall–Kier alpha value is -0.0900. The van der Waals surface area contributed by atoms with Gasteiger partial charge in [0, 0.05) is 19.3 Å². The summed E-state index contributed by atoms with van der Waals surface area (Å²) in [5.74, 6) is 0.744. The summed E-state index contributed by atoms with van der Waals surface area (Å²) in [6.07, 6.45) is 3.68. The van der Waals surface area contributed by atoms with Crippen molar-refractivity contribution in [2.75, 3.05) is 19.3 Å². The van der Waals surface area contributed by atoms with Crippen molar-refractivity contribution in [3.63, 3.8) is 0 Å². The molecule has 0 amide bonds. The van der Waals surface area contributed by atoms with E-state index in [-0.39, 0.29) is 0 Å². The Morgan fingerprint density at radius 3 is 2.27 bits per heavy atom. The molecular formula is C7H16N2OS. The Balaban J connectivity index is 2.53. The molecule has 0 aromatic carbocycles. The highest BCUT2D eigenvalue weighted by Crippen LogP contribution is 2.17. The second-order valence-electron chi connectivity index (χ2n) is 3.41. The maximum absolute atomic E-state index is 11.2. The van der Waals surface area contributed by atoms with E-state index >= 15 is 0 Å². The van der Waals surface area contributed by atoms with Crippen LogP contribution < -0.4 is 0 Å². The molecule has 0 aromatic heterocycles. The zero-order chi connectivity index (χ0) is 8.48. The second kappa shape index (κ2) is 3.11. The average molecular weight is 176 g/mol. The molecule has 0 spiro atoms. The number of piperidine rings is 1. The van der Waals surface area contributed by atoms with Gasteiger partial charge in [0.05, 0.1) is 0 Å². The van der Waals surface area contributed by atoms with Crippen LogP contribution in [0.2, 0.25) is 0 Å². The lowest BCUT2D eigenvalue weighted by Gasteiger charge is -2.29. The van der Waals surface area contributed by atoms with Crippen LogP contribution >= 0.6 is 0 Å². The van der Waals surface area contributed by atoms with Crippen molar-refractivity contribution in [2.45, 2.75) is 19.8 Å². The molecule has 3 nitrogen and oxygen atoms in total. The van der Waals surface area contributed by atoms with Crippen LogP contribution in [-0.4, -0.2) is 27.9 Å². The predicted octanol–water partition coefficient (Wildman–Crippen LogP) is 1.31. The highest BCUT2D eigenvalue weighted by Gasteiger charge is 2.19. The van der Waals surface area contributed by atoms with Crippen molar-refractivity contribution >= 4 is 9.92 Å². The van der Waals surface area contributed by atoms with Gasteiger partial charge in [-0.1, -0.05) is 6.92 Å². The molecule has 0 aromatic rings. The smallest absolute Gasteiger partial charge is 0.104 e. The molecule has 0 saturated carbocycles. The standard InChI is InChI=1S/C7H16N2OS/c1-7-3-5-9(6-4-7)11(2,8)10/h7-8H,3-6H2,1-2H3. The second-order valence-corrected chi connectivity index (χ2v) is 5.54. The molecule has 1 aliphatic heterocycles. The number of hydrogen-bond acceptors (Lipinski definition) is 2. The summed E-state index contributed by atoms with van der Waals surface area (Å²) >= 11 is 0. The van der Waals surface area contributed by atoms with E-state index in [4.69, 9.17) is 4.78 Å². The normalized spacial score (nSPS) is 28.2. The van der Waals surface area contributed by atoms with E-state index in [1.807, 2.05) is 0 Å². The van der Waals surface area contributed by atoms with Crippen LogP contribution in [0.3, 0.4) is 0 Å². The van der Waals surface area contributed by atoms with E-state index < -0.39 is 9.92 Å². The van der Waals surface area contributed by atoms with Crippen LogP contribution in [0.15, 0.2) is 0 Å². The van der Waals surface area contributed by atoms with E-state index in [2.05, 4.69) is 6.92 Å². The van der Waals surface area contributed by atoms with Crippen LogP contribution in [0, 0.1) is 10.7 Å². The third-order valence-electron chi connectivity index (χ3n) is 2.24. The molecule has 0 radical (unpaired) electrons. The number of hydrogen-bond donors (Lipinski definition) is 1. The molecule has 1 aliphatic rings. The molecule has 1 rings (SSSR count). The molecule has 4 heteroatoms. The van der Waals surface area contributed by atoms with Crippen molar-refractivity contribution in [2.24, 2.45) is 5.92 Å². The number of nitrogens with one attached hydrogen (secondary N) is 1. The van der Waals surface area contributed by atoms with Gasteiger partial charge in [-0.25, -0.2) is 13.3 Å². The van der Waals surface area contributed by atoms with Crippen molar-refractivity contribution in [1.29, 1.82) is 4.78 Å². The Kier molecular flexibility index (Phi) is 2.54. The Morgan fingerprint density at radius 1 is 1.45 bits per heavy atom. The van der Waals surface area contributed by atoms with Crippen molar-refractivity contribution in [3.8, 4) is 0 Å². The minimum Gasteiger partial charge on any atom is -0.240 e. The summed E-state index contributed by atoms with van der Waals surface area (Å²) in [7, 11) is -2.42. The van der Waals surface area contributed by atoms with Gasteiger partial charge in [0.2, 0.25) is 0 Å². The minimum atomic E-state index is -2.42. The Labute approximate surface area is 68.9 Å². The van der Waals surface area contributed by atoms with Crippen LogP contribution in [0.25, 0.3) is 0 Å². The van der Waals surface area contributed by atoms with Crippen LogP contribution in [0.4, 0.5) is 0 Å². The summed E-state index contributed by atoms with van der Waals surface area (Å²) in [5, 5.41) is 0. The highest BCUT2D eigenvalue weighted by atomic mass is 32.2. The first-order valence-electron chi connectivity index (χ1n) is 3.99. The first kappa shape index (κ1) is 9.00. The van der Waals surface area contributed by atoms with Gasteiger partial charge >= 0.3 is 0 Å². The molecule has 1 unspecified atom stereocenters. The van der Waals surface area contributed by atoms with Crippen molar-refractivity contribution in [3.05, 3.63) is 0 Å². The summed E-state index contributed by atoms with van der Waals surface area (Å²) < 4.78 is 20.4. The van der Waals surface area contributed by atoms with Gasteiger partial charge in [-0.2, -0.15) is 0 Å². The van der Waals surface area contributed by atoms with E-state index in [0.29, 0.717) is 0 Å². The summed E-state index contributed by atoms with van der Waals surface area (Å²) in [6, 6.07) is 0. The molecule has 0 bridgehead atoms. The highest BCUT2D eigenvalue weighted by molar-refractivity contribution is 7.89. The average Bonchev–Trinajstić information content (AvgIpc) is 1.86. The van der Waals surface area contributed by atoms with Crippen LogP contribution in [0.1, 0.15) is 19.8 Å². The molecule has 1 atom stereocenters. The molecule has 66 valence electrons. The third-order valence-corrected chi connectivity index (χ3v) is 3.59. The monoisotopic (exact) mass is 176 g/mol. The first-order valence-corrected chi connectivity index (χ1v) is 5.91. The molecule has 1 saturated heterocycles. The molecular weight excluding hydrogens is 160 g/mol. The topological polar surface area (TPSA) is 44.2 Å². The fourth-order valence-corrected chi connectivity index (χ4v) is 2.24. The molecule has 1 N–H and O–H groups in total. The van der Waals surface area contributed by atoms with Gasteiger partial charge in [0.15, 0.2) is 0 Å². The van der Waals surface area contributed by atoms with Crippen molar-refractivity contribution < 1.29 is 4.21 Å². The van der Waals surface area contributed by atoms with E-state index in [9.17, 15) is 4.21 Å². The first-order chi connectivity index (χ1) is 5.00. The fraction of sp³-hybridized carbons (Fsp3) is 1.00. The summed E-state index contributed by atoms with van der Waals surface area (Å²) in [4.78, 5) is 0.